The second kappa shape index (κ2) is 5.95. The molecule has 0 aliphatic carbocycles. The Bertz CT molecular complexity index is 686. The van der Waals surface area contributed by atoms with E-state index in [0.717, 1.165) is 29.3 Å². The lowest BCUT2D eigenvalue weighted by atomic mass is 10.1. The third-order valence-corrected chi connectivity index (χ3v) is 3.93. The quantitative estimate of drug-likeness (QED) is 0.884. The van der Waals surface area contributed by atoms with E-state index in [1.165, 1.54) is 0 Å². The molecule has 0 bridgehead atoms. The Kier molecular flexibility index (Phi) is 4.03. The van der Waals surface area contributed by atoms with E-state index in [1.807, 2.05) is 12.1 Å². The number of benzene rings is 1. The molecular weight excluding hydrogens is 338 g/mol. The van der Waals surface area contributed by atoms with Gasteiger partial charge in [0.15, 0.2) is 5.69 Å². The normalized spacial score (nSPS) is 18.6. The van der Waals surface area contributed by atoms with E-state index in [0.29, 0.717) is 17.8 Å². The number of aromatic carboxylic acids is 1. The minimum Gasteiger partial charge on any atom is -0.476 e. The third-order valence-electron chi connectivity index (χ3n) is 3.43. The van der Waals surface area contributed by atoms with Gasteiger partial charge in [-0.25, -0.2) is 4.79 Å². The fraction of sp³-hybridized carbons (Fsp3) is 0.357. The first-order chi connectivity index (χ1) is 10.1. The fourth-order valence-electron chi connectivity index (χ4n) is 2.43. The number of carboxylic acids is 1. The molecule has 0 saturated carbocycles. The number of rotatable bonds is 3. The number of hydrogen-bond donors (Lipinski definition) is 2. The van der Waals surface area contributed by atoms with Crippen LogP contribution in [0.4, 0.5) is 5.69 Å². The van der Waals surface area contributed by atoms with Crippen LogP contribution in [0.3, 0.4) is 0 Å². The van der Waals surface area contributed by atoms with Crippen LogP contribution in [-0.2, 0) is 4.74 Å². The number of halogens is 1. The summed E-state index contributed by atoms with van der Waals surface area (Å²) in [5.41, 5.74) is 1.10. The third kappa shape index (κ3) is 2.98. The molecule has 1 unspecified atom stereocenters. The lowest BCUT2D eigenvalue weighted by Gasteiger charge is -2.25. The van der Waals surface area contributed by atoms with Crippen LogP contribution >= 0.6 is 15.9 Å². The second-order valence-electron chi connectivity index (χ2n) is 4.95. The molecule has 1 aromatic heterocycles. The smallest absolute Gasteiger partial charge is 0.358 e. The molecule has 110 valence electrons. The summed E-state index contributed by atoms with van der Waals surface area (Å²) in [7, 11) is 0. The van der Waals surface area contributed by atoms with Gasteiger partial charge in [-0.3, -0.25) is 0 Å². The maximum Gasteiger partial charge on any atom is 0.358 e. The van der Waals surface area contributed by atoms with Crippen LogP contribution < -0.4 is 5.32 Å². The van der Waals surface area contributed by atoms with Gasteiger partial charge >= 0.3 is 5.97 Å². The van der Waals surface area contributed by atoms with Gasteiger partial charge in [0, 0.05) is 22.5 Å². The molecule has 2 aromatic rings. The van der Waals surface area contributed by atoms with Crippen LogP contribution in [0.5, 0.6) is 0 Å². The van der Waals surface area contributed by atoms with Gasteiger partial charge < -0.3 is 15.2 Å². The topological polar surface area (TPSA) is 84.3 Å². The predicted octanol–water partition coefficient (Wildman–Crippen LogP) is 2.68. The van der Waals surface area contributed by atoms with Crippen molar-refractivity contribution in [2.24, 2.45) is 0 Å². The van der Waals surface area contributed by atoms with Crippen molar-refractivity contribution >= 4 is 38.5 Å². The number of aromatic nitrogens is 2. The van der Waals surface area contributed by atoms with E-state index in [1.54, 1.807) is 6.07 Å². The molecular formula is C14H14BrN3O3. The lowest BCUT2D eigenvalue weighted by Crippen LogP contribution is -2.31. The van der Waals surface area contributed by atoms with Crippen LogP contribution in [0.25, 0.3) is 10.9 Å². The first-order valence-corrected chi connectivity index (χ1v) is 7.48. The molecule has 2 N–H and O–H groups in total. The lowest BCUT2D eigenvalue weighted by molar-refractivity contribution is 0.0689. The summed E-state index contributed by atoms with van der Waals surface area (Å²) >= 11 is 3.41. The highest BCUT2D eigenvalue weighted by atomic mass is 79.9. The number of anilines is 1. The van der Waals surface area contributed by atoms with Crippen LogP contribution in [0.15, 0.2) is 22.7 Å². The molecule has 21 heavy (non-hydrogen) atoms. The summed E-state index contributed by atoms with van der Waals surface area (Å²) in [4.78, 5) is 11.4. The summed E-state index contributed by atoms with van der Waals surface area (Å²) in [5, 5.41) is 21.2. The van der Waals surface area contributed by atoms with Gasteiger partial charge in [0.1, 0.15) is 0 Å². The fourth-order valence-corrected chi connectivity index (χ4v) is 2.79. The van der Waals surface area contributed by atoms with Crippen LogP contribution in [0.1, 0.15) is 23.3 Å². The van der Waals surface area contributed by atoms with Crippen molar-refractivity contribution in [3.05, 3.63) is 28.4 Å². The van der Waals surface area contributed by atoms with Crippen LogP contribution in [-0.4, -0.2) is 40.5 Å². The van der Waals surface area contributed by atoms with E-state index in [4.69, 9.17) is 4.74 Å². The minimum absolute atomic E-state index is 0.0637. The Hall–Kier alpha value is -1.73. The standard InChI is InChI=1S/C14H14BrN3O3/c15-8-3-4-11-10(6-8)12(13(14(19)20)18-17-11)16-9-2-1-5-21-7-9/h3-4,6,9H,1-2,5,7H2,(H,16,17)(H,19,20). The number of hydrogen-bond acceptors (Lipinski definition) is 5. The first-order valence-electron chi connectivity index (χ1n) is 6.68. The van der Waals surface area contributed by atoms with Gasteiger partial charge in [0.05, 0.1) is 17.8 Å². The Balaban J connectivity index is 2.08. The second-order valence-corrected chi connectivity index (χ2v) is 5.86. The van der Waals surface area contributed by atoms with Crippen molar-refractivity contribution in [2.75, 3.05) is 18.5 Å². The molecule has 7 heteroatoms. The van der Waals surface area contributed by atoms with E-state index in [2.05, 4.69) is 31.4 Å². The van der Waals surface area contributed by atoms with Gasteiger partial charge in [-0.15, -0.1) is 10.2 Å². The van der Waals surface area contributed by atoms with Crippen molar-refractivity contribution < 1.29 is 14.6 Å². The number of nitrogens with one attached hydrogen (secondary N) is 1. The summed E-state index contributed by atoms with van der Waals surface area (Å²) in [6.45, 7) is 1.32. The Morgan fingerprint density at radius 2 is 2.29 bits per heavy atom. The maximum atomic E-state index is 11.4. The Morgan fingerprint density at radius 3 is 3.00 bits per heavy atom. The molecule has 1 aromatic carbocycles. The van der Waals surface area contributed by atoms with E-state index >= 15 is 0 Å². The number of carbonyl (C=O) groups is 1. The molecule has 1 saturated heterocycles. The number of carboxylic acid groups (broad SMARTS) is 1. The van der Waals surface area contributed by atoms with E-state index in [9.17, 15) is 9.90 Å². The summed E-state index contributed by atoms with van der Waals surface area (Å²) in [5.74, 6) is -1.09. The molecule has 0 spiro atoms. The maximum absolute atomic E-state index is 11.4. The zero-order chi connectivity index (χ0) is 14.8. The SMILES string of the molecule is O=C(O)c1nnc2ccc(Br)cc2c1NC1CCCOC1. The zero-order valence-electron chi connectivity index (χ0n) is 11.2. The van der Waals surface area contributed by atoms with Crippen molar-refractivity contribution in [3.8, 4) is 0 Å². The molecule has 1 fully saturated rings. The van der Waals surface area contributed by atoms with Crippen LogP contribution in [0, 0.1) is 0 Å². The largest absolute Gasteiger partial charge is 0.476 e. The van der Waals surface area contributed by atoms with Crippen molar-refractivity contribution in [1.82, 2.24) is 10.2 Å². The van der Waals surface area contributed by atoms with E-state index in [-0.39, 0.29) is 11.7 Å². The Labute approximate surface area is 129 Å². The monoisotopic (exact) mass is 351 g/mol. The highest BCUT2D eigenvalue weighted by Crippen LogP contribution is 2.29. The summed E-state index contributed by atoms with van der Waals surface area (Å²) < 4.78 is 6.30. The highest BCUT2D eigenvalue weighted by molar-refractivity contribution is 9.10. The van der Waals surface area contributed by atoms with Gasteiger partial charge in [0.25, 0.3) is 0 Å². The molecule has 0 radical (unpaired) electrons. The predicted molar refractivity (Wildman–Crippen MR) is 81.7 cm³/mol. The summed E-state index contributed by atoms with van der Waals surface area (Å²) in [6, 6.07) is 5.59. The van der Waals surface area contributed by atoms with Gasteiger partial charge in [-0.1, -0.05) is 15.9 Å². The van der Waals surface area contributed by atoms with Gasteiger partial charge in [-0.05, 0) is 31.0 Å². The van der Waals surface area contributed by atoms with Crippen LogP contribution in [0.2, 0.25) is 0 Å². The molecule has 6 nitrogen and oxygen atoms in total. The van der Waals surface area contributed by atoms with Crippen molar-refractivity contribution in [1.29, 1.82) is 0 Å². The van der Waals surface area contributed by atoms with Gasteiger partial charge in [-0.2, -0.15) is 0 Å². The molecule has 1 aliphatic heterocycles. The highest BCUT2D eigenvalue weighted by Gasteiger charge is 2.21. The molecule has 1 aliphatic rings. The van der Waals surface area contributed by atoms with Crippen molar-refractivity contribution in [3.63, 3.8) is 0 Å². The molecule has 2 heterocycles. The summed E-state index contributed by atoms with van der Waals surface area (Å²) in [6.07, 6.45) is 1.90. The average Bonchev–Trinajstić information content (AvgIpc) is 2.48. The number of nitrogens with zero attached hydrogens (tertiary/aromatic N) is 2. The van der Waals surface area contributed by atoms with Gasteiger partial charge in [0.2, 0.25) is 0 Å². The van der Waals surface area contributed by atoms with E-state index < -0.39 is 5.97 Å². The molecule has 0 amide bonds. The average molecular weight is 352 g/mol. The zero-order valence-corrected chi connectivity index (χ0v) is 12.8. The van der Waals surface area contributed by atoms with Crippen molar-refractivity contribution in [2.45, 2.75) is 18.9 Å². The molecule has 1 atom stereocenters. The number of ether oxygens (including phenoxy) is 1. The molecule has 3 rings (SSSR count). The first kappa shape index (κ1) is 14.2. The minimum atomic E-state index is -1.09. The Morgan fingerprint density at radius 1 is 1.43 bits per heavy atom. The number of fused-ring (bicyclic) bond motifs is 1.